The van der Waals surface area contributed by atoms with Crippen LogP contribution in [-0.2, 0) is 40.3 Å². The lowest BCUT2D eigenvalue weighted by Gasteiger charge is -2.30. The van der Waals surface area contributed by atoms with Crippen molar-refractivity contribution in [3.05, 3.63) is 104 Å². The lowest BCUT2D eigenvalue weighted by molar-refractivity contribution is -0.124. The molecule has 3 unspecified atom stereocenters. The molecule has 0 radical (unpaired) electrons. The van der Waals surface area contributed by atoms with Gasteiger partial charge in [0.25, 0.3) is 0 Å². The number of benzene rings is 2. The van der Waals surface area contributed by atoms with Gasteiger partial charge in [0, 0.05) is 56.3 Å². The van der Waals surface area contributed by atoms with Crippen LogP contribution in [0.15, 0.2) is 77.8 Å². The Morgan fingerprint density at radius 2 is 1.53 bits per heavy atom. The Morgan fingerprint density at radius 3 is 2.11 bits per heavy atom. The monoisotopic (exact) mass is 854 g/mol. The Kier molecular flexibility index (Phi) is 18.5. The van der Waals surface area contributed by atoms with E-state index in [2.05, 4.69) is 44.7 Å². The van der Waals surface area contributed by atoms with Gasteiger partial charge in [-0.15, -0.1) is 22.7 Å². The molecular weight excluding hydrogens is 803 g/mol. The normalized spacial score (nSPS) is 14.6. The molecule has 2 aromatic carbocycles. The number of ether oxygens (including phenoxy) is 2. The number of nitrogens with zero attached hydrogens (tertiary/aromatic N) is 4. The van der Waals surface area contributed by atoms with Gasteiger partial charge in [0.15, 0.2) is 0 Å². The van der Waals surface area contributed by atoms with Gasteiger partial charge in [0.05, 0.1) is 40.8 Å². The van der Waals surface area contributed by atoms with Gasteiger partial charge in [-0.3, -0.25) is 14.7 Å². The van der Waals surface area contributed by atoms with E-state index in [9.17, 15) is 14.4 Å². The zero-order valence-corrected chi connectivity index (χ0v) is 35.0. The first kappa shape index (κ1) is 43.8. The number of nitrogens with one attached hydrogen (secondary N) is 3. The first-order valence-corrected chi connectivity index (χ1v) is 20.4. The largest absolute Gasteiger partial charge is 1.00 e. The molecular formula is C40H53BrN7O5S2-. The second-order valence-electron chi connectivity index (χ2n) is 14.0. The van der Waals surface area contributed by atoms with Gasteiger partial charge in [-0.2, -0.15) is 0 Å². The summed E-state index contributed by atoms with van der Waals surface area (Å²) in [5, 5.41) is 12.4. The number of amides is 4. The zero-order valence-electron chi connectivity index (χ0n) is 31.8. The Labute approximate surface area is 343 Å². The number of urea groups is 1. The SMILES string of the molecule is CC(C)c1nc(CN(C)C(=O)NC(CCN2CCOCC2)C(=O)NC(CCC(Cc2ccccc2)NC(=O)OCc2cncs2)Cc2ccccc2)cs1.[Br-]. The summed E-state index contributed by atoms with van der Waals surface area (Å²) < 4.78 is 11.1. The molecule has 4 amide bonds. The fraction of sp³-hybridized carbons (Fsp3) is 0.475. The van der Waals surface area contributed by atoms with Gasteiger partial charge < -0.3 is 47.3 Å². The van der Waals surface area contributed by atoms with E-state index in [1.807, 2.05) is 66.0 Å². The number of hydrogen-bond acceptors (Lipinski definition) is 10. The number of thiazole rings is 2. The number of hydrogen-bond donors (Lipinski definition) is 3. The average Bonchev–Trinajstić information content (AvgIpc) is 3.89. The van der Waals surface area contributed by atoms with E-state index in [4.69, 9.17) is 9.47 Å². The molecule has 0 bridgehead atoms. The van der Waals surface area contributed by atoms with E-state index in [0.717, 1.165) is 39.8 Å². The highest BCUT2D eigenvalue weighted by molar-refractivity contribution is 7.09. The number of halogens is 1. The summed E-state index contributed by atoms with van der Waals surface area (Å²) in [6, 6.07) is 18.4. The summed E-state index contributed by atoms with van der Waals surface area (Å²) in [6.45, 7) is 8.19. The van der Waals surface area contributed by atoms with Crippen LogP contribution in [-0.4, -0.2) is 95.8 Å². The van der Waals surface area contributed by atoms with Crippen LogP contribution >= 0.6 is 22.7 Å². The standard InChI is InChI=1S/C40H53N7O5S2.BrH/c1-29(2)38-43-34(27-53-38)25-46(3)39(49)45-36(16-17-47-18-20-51-21-19-47)37(48)42-32(22-30-10-6-4-7-11-30)14-15-33(23-31-12-8-5-9-13-31)44-40(50)52-26-35-24-41-28-54-35;/h4-13,24,27-29,32-33,36H,14-23,25-26H2,1-3H3,(H,42,48)(H,44,50)(H,45,49);1H/p-1. The molecule has 4 aromatic rings. The van der Waals surface area contributed by atoms with Crippen molar-refractivity contribution in [1.82, 2.24) is 35.7 Å². The van der Waals surface area contributed by atoms with Gasteiger partial charge in [-0.25, -0.2) is 14.6 Å². The molecule has 1 aliphatic rings. The molecule has 3 heterocycles. The Bertz CT molecular complexity index is 1710. The van der Waals surface area contributed by atoms with E-state index in [-0.39, 0.29) is 47.6 Å². The summed E-state index contributed by atoms with van der Waals surface area (Å²) in [4.78, 5) is 54.2. The third-order valence-corrected chi connectivity index (χ3v) is 11.2. The number of carbonyl (C=O) groups is 3. The van der Waals surface area contributed by atoms with Crippen molar-refractivity contribution in [3.8, 4) is 0 Å². The molecule has 55 heavy (non-hydrogen) atoms. The van der Waals surface area contributed by atoms with Crippen molar-refractivity contribution >= 4 is 40.7 Å². The van der Waals surface area contributed by atoms with E-state index in [1.54, 1.807) is 35.0 Å². The third-order valence-electron chi connectivity index (χ3n) is 9.27. The lowest BCUT2D eigenvalue weighted by atomic mass is 9.95. The van der Waals surface area contributed by atoms with E-state index >= 15 is 0 Å². The minimum atomic E-state index is -0.761. The van der Waals surface area contributed by atoms with E-state index in [1.165, 1.54) is 11.3 Å². The van der Waals surface area contributed by atoms with Crippen LogP contribution in [0.5, 0.6) is 0 Å². The van der Waals surface area contributed by atoms with Gasteiger partial charge in [-0.1, -0.05) is 74.5 Å². The van der Waals surface area contributed by atoms with Gasteiger partial charge in [-0.05, 0) is 43.2 Å². The van der Waals surface area contributed by atoms with E-state index < -0.39 is 12.1 Å². The topological polar surface area (TPSA) is 138 Å². The molecule has 298 valence electrons. The fourth-order valence-electron chi connectivity index (χ4n) is 6.25. The minimum absolute atomic E-state index is 0. The Balaban J connectivity index is 0.00000673. The molecule has 0 spiro atoms. The summed E-state index contributed by atoms with van der Waals surface area (Å²) in [6.07, 6.45) is 4.00. The average molecular weight is 856 g/mol. The van der Waals surface area contributed by atoms with Crippen molar-refractivity contribution in [1.29, 1.82) is 0 Å². The molecule has 1 saturated heterocycles. The van der Waals surface area contributed by atoms with Crippen LogP contribution in [0.4, 0.5) is 9.59 Å². The second kappa shape index (κ2) is 23.2. The first-order chi connectivity index (χ1) is 26.2. The van der Waals surface area contributed by atoms with Crippen molar-refractivity contribution in [2.24, 2.45) is 0 Å². The Hall–Kier alpha value is -3.89. The van der Waals surface area contributed by atoms with Crippen molar-refractivity contribution in [2.45, 2.75) is 83.1 Å². The number of carbonyl (C=O) groups excluding carboxylic acids is 3. The maximum atomic E-state index is 14.2. The highest BCUT2D eigenvalue weighted by atomic mass is 79.9. The third kappa shape index (κ3) is 15.3. The molecule has 2 aromatic heterocycles. The summed E-state index contributed by atoms with van der Waals surface area (Å²) >= 11 is 3.02. The van der Waals surface area contributed by atoms with Crippen LogP contribution < -0.4 is 32.9 Å². The molecule has 1 fully saturated rings. The van der Waals surface area contributed by atoms with Crippen molar-refractivity contribution < 1.29 is 40.8 Å². The molecule has 15 heteroatoms. The van der Waals surface area contributed by atoms with Crippen molar-refractivity contribution in [3.63, 3.8) is 0 Å². The number of aromatic nitrogens is 2. The van der Waals surface area contributed by atoms with E-state index in [0.29, 0.717) is 64.3 Å². The van der Waals surface area contributed by atoms with Gasteiger partial charge in [0.2, 0.25) is 5.91 Å². The number of alkyl carbamates (subject to hydrolysis) is 1. The Morgan fingerprint density at radius 1 is 0.891 bits per heavy atom. The predicted octanol–water partition coefficient (Wildman–Crippen LogP) is 3.00. The van der Waals surface area contributed by atoms with Crippen LogP contribution in [0.1, 0.15) is 65.7 Å². The smallest absolute Gasteiger partial charge is 0.407 e. The molecule has 1 aliphatic heterocycles. The first-order valence-electron chi connectivity index (χ1n) is 18.7. The maximum Gasteiger partial charge on any atom is 0.407 e. The molecule has 12 nitrogen and oxygen atoms in total. The molecule has 3 N–H and O–H groups in total. The van der Waals surface area contributed by atoms with Gasteiger partial charge in [0.1, 0.15) is 12.6 Å². The zero-order chi connectivity index (χ0) is 38.1. The highest BCUT2D eigenvalue weighted by Crippen LogP contribution is 2.20. The van der Waals surface area contributed by atoms with Crippen molar-refractivity contribution in [2.75, 3.05) is 39.9 Å². The summed E-state index contributed by atoms with van der Waals surface area (Å²) in [7, 11) is 1.72. The van der Waals surface area contributed by atoms with Crippen LogP contribution in [0.2, 0.25) is 0 Å². The van der Waals surface area contributed by atoms with Crippen LogP contribution in [0.25, 0.3) is 0 Å². The molecule has 0 aliphatic carbocycles. The summed E-state index contributed by atoms with van der Waals surface area (Å²) in [5.74, 6) is 0.0746. The minimum Gasteiger partial charge on any atom is -1.00 e. The number of rotatable bonds is 19. The second-order valence-corrected chi connectivity index (χ2v) is 15.8. The molecule has 3 atom stereocenters. The lowest BCUT2D eigenvalue weighted by Crippen LogP contribution is -3.00. The van der Waals surface area contributed by atoms with Gasteiger partial charge >= 0.3 is 12.1 Å². The highest BCUT2D eigenvalue weighted by Gasteiger charge is 2.27. The molecule has 5 rings (SSSR count). The predicted molar refractivity (Wildman–Crippen MR) is 213 cm³/mol. The van der Waals surface area contributed by atoms with Crippen LogP contribution in [0, 0.1) is 0 Å². The number of morpholine rings is 1. The quantitative estimate of drug-likeness (QED) is 0.131. The molecule has 0 saturated carbocycles. The fourth-order valence-corrected chi connectivity index (χ4v) is 7.58. The maximum absolute atomic E-state index is 14.2. The summed E-state index contributed by atoms with van der Waals surface area (Å²) in [5.41, 5.74) is 4.70. The van der Waals surface area contributed by atoms with Crippen LogP contribution in [0.3, 0.4) is 0 Å².